The number of unbranched alkanes of at least 4 members (excludes halogenated alkanes) is 1. The number of hydrogen-bond donors (Lipinski definition) is 2. The number of carboxylic acid groups (broad SMARTS) is 1. The highest BCUT2D eigenvalue weighted by molar-refractivity contribution is 5.79. The Morgan fingerprint density at radius 1 is 1.30 bits per heavy atom. The SMILES string of the molecule is CC(C)CCCCNC(=O)N1C2CCC1C(C(=O)O)C2. The second-order valence-electron chi connectivity index (χ2n) is 6.51. The lowest BCUT2D eigenvalue weighted by molar-refractivity contribution is -0.142. The van der Waals surface area contributed by atoms with Gasteiger partial charge in [-0.1, -0.05) is 26.7 Å². The summed E-state index contributed by atoms with van der Waals surface area (Å²) in [5, 5.41) is 12.1. The van der Waals surface area contributed by atoms with Crippen LogP contribution in [0.2, 0.25) is 0 Å². The van der Waals surface area contributed by atoms with E-state index >= 15 is 0 Å². The fourth-order valence-electron chi connectivity index (χ4n) is 3.53. The van der Waals surface area contributed by atoms with Crippen LogP contribution < -0.4 is 5.32 Å². The summed E-state index contributed by atoms with van der Waals surface area (Å²) in [4.78, 5) is 25.2. The molecule has 3 atom stereocenters. The van der Waals surface area contributed by atoms with Gasteiger partial charge in [-0.15, -0.1) is 0 Å². The third-order valence-corrected chi connectivity index (χ3v) is 4.57. The van der Waals surface area contributed by atoms with Crippen LogP contribution in [0.25, 0.3) is 0 Å². The average molecular weight is 282 g/mol. The highest BCUT2D eigenvalue weighted by atomic mass is 16.4. The van der Waals surface area contributed by atoms with E-state index in [9.17, 15) is 14.7 Å². The van der Waals surface area contributed by atoms with Crippen LogP contribution in [0.3, 0.4) is 0 Å². The number of aliphatic carboxylic acids is 1. The second-order valence-corrected chi connectivity index (χ2v) is 6.51. The molecule has 20 heavy (non-hydrogen) atoms. The number of hydrogen-bond acceptors (Lipinski definition) is 2. The molecule has 0 radical (unpaired) electrons. The van der Waals surface area contributed by atoms with Crippen molar-refractivity contribution in [2.24, 2.45) is 11.8 Å². The number of rotatable bonds is 6. The van der Waals surface area contributed by atoms with Gasteiger partial charge in [-0.25, -0.2) is 4.79 Å². The van der Waals surface area contributed by atoms with Gasteiger partial charge in [0.2, 0.25) is 0 Å². The average Bonchev–Trinajstić information content (AvgIpc) is 2.95. The van der Waals surface area contributed by atoms with Gasteiger partial charge in [0.1, 0.15) is 0 Å². The van der Waals surface area contributed by atoms with Crippen molar-refractivity contribution in [3.05, 3.63) is 0 Å². The van der Waals surface area contributed by atoms with E-state index in [4.69, 9.17) is 0 Å². The Kier molecular flexibility index (Phi) is 4.89. The molecule has 5 nitrogen and oxygen atoms in total. The summed E-state index contributed by atoms with van der Waals surface area (Å²) < 4.78 is 0. The van der Waals surface area contributed by atoms with Crippen LogP contribution in [0.15, 0.2) is 0 Å². The van der Waals surface area contributed by atoms with Gasteiger partial charge in [0.05, 0.1) is 5.92 Å². The Balaban J connectivity index is 1.75. The number of carboxylic acids is 1. The fraction of sp³-hybridized carbons (Fsp3) is 0.867. The number of nitrogens with one attached hydrogen (secondary N) is 1. The molecule has 2 saturated heterocycles. The Labute approximate surface area is 120 Å². The van der Waals surface area contributed by atoms with E-state index < -0.39 is 5.97 Å². The molecule has 0 saturated carbocycles. The maximum Gasteiger partial charge on any atom is 0.317 e. The van der Waals surface area contributed by atoms with Gasteiger partial charge in [0, 0.05) is 18.6 Å². The zero-order valence-corrected chi connectivity index (χ0v) is 12.5. The Hall–Kier alpha value is -1.26. The molecule has 2 heterocycles. The van der Waals surface area contributed by atoms with Crippen LogP contribution in [-0.4, -0.2) is 40.6 Å². The van der Waals surface area contributed by atoms with Crippen molar-refractivity contribution in [1.29, 1.82) is 0 Å². The van der Waals surface area contributed by atoms with Crippen LogP contribution in [0.1, 0.15) is 52.4 Å². The Morgan fingerprint density at radius 2 is 2.05 bits per heavy atom. The summed E-state index contributed by atoms with van der Waals surface area (Å²) in [5.74, 6) is -0.413. The van der Waals surface area contributed by atoms with Gasteiger partial charge in [-0.2, -0.15) is 0 Å². The van der Waals surface area contributed by atoms with Crippen molar-refractivity contribution < 1.29 is 14.7 Å². The number of urea groups is 1. The van der Waals surface area contributed by atoms with Gasteiger partial charge in [-0.3, -0.25) is 4.79 Å². The van der Waals surface area contributed by atoms with E-state index in [1.54, 1.807) is 4.90 Å². The van der Waals surface area contributed by atoms with E-state index in [2.05, 4.69) is 19.2 Å². The highest BCUT2D eigenvalue weighted by Gasteiger charge is 2.51. The molecule has 0 spiro atoms. The van der Waals surface area contributed by atoms with Crippen molar-refractivity contribution in [1.82, 2.24) is 10.2 Å². The first-order valence-electron chi connectivity index (χ1n) is 7.79. The first-order chi connectivity index (χ1) is 9.50. The third-order valence-electron chi connectivity index (χ3n) is 4.57. The van der Waals surface area contributed by atoms with Crippen LogP contribution >= 0.6 is 0 Å². The minimum Gasteiger partial charge on any atom is -0.481 e. The van der Waals surface area contributed by atoms with Gasteiger partial charge < -0.3 is 15.3 Å². The molecule has 5 heteroatoms. The maximum absolute atomic E-state index is 12.2. The smallest absolute Gasteiger partial charge is 0.317 e. The summed E-state index contributed by atoms with van der Waals surface area (Å²) >= 11 is 0. The molecule has 2 fully saturated rings. The molecule has 2 aliphatic heterocycles. The summed E-state index contributed by atoms with van der Waals surface area (Å²) in [6.07, 6.45) is 5.72. The Morgan fingerprint density at radius 3 is 2.65 bits per heavy atom. The summed E-state index contributed by atoms with van der Waals surface area (Å²) in [5.41, 5.74) is 0. The van der Waals surface area contributed by atoms with Crippen molar-refractivity contribution in [2.45, 2.75) is 64.5 Å². The normalized spacial score (nSPS) is 28.1. The van der Waals surface area contributed by atoms with Gasteiger partial charge in [0.15, 0.2) is 0 Å². The van der Waals surface area contributed by atoms with Crippen molar-refractivity contribution in [3.63, 3.8) is 0 Å². The monoisotopic (exact) mass is 282 g/mol. The largest absolute Gasteiger partial charge is 0.481 e. The molecule has 2 rings (SSSR count). The molecule has 0 aromatic rings. The number of carbonyl (C=O) groups is 2. The van der Waals surface area contributed by atoms with E-state index in [1.807, 2.05) is 0 Å². The molecule has 2 amide bonds. The molecular weight excluding hydrogens is 256 g/mol. The second kappa shape index (κ2) is 6.46. The molecular formula is C15H26N2O3. The molecule has 0 aromatic carbocycles. The van der Waals surface area contributed by atoms with Crippen LogP contribution in [0, 0.1) is 11.8 Å². The van der Waals surface area contributed by atoms with Crippen molar-refractivity contribution in [3.8, 4) is 0 Å². The Bertz CT molecular complexity index is 370. The molecule has 2 aliphatic rings. The van der Waals surface area contributed by atoms with E-state index in [0.29, 0.717) is 18.9 Å². The quantitative estimate of drug-likeness (QED) is 0.735. The number of carbonyl (C=O) groups excluding carboxylic acids is 1. The molecule has 0 aromatic heterocycles. The van der Waals surface area contributed by atoms with E-state index in [1.165, 1.54) is 6.42 Å². The van der Waals surface area contributed by atoms with E-state index in [-0.39, 0.29) is 24.0 Å². The highest BCUT2D eigenvalue weighted by Crippen LogP contribution is 2.41. The summed E-state index contributed by atoms with van der Waals surface area (Å²) in [6.45, 7) is 5.10. The lowest BCUT2D eigenvalue weighted by atomic mass is 9.89. The van der Waals surface area contributed by atoms with E-state index in [0.717, 1.165) is 25.7 Å². The van der Waals surface area contributed by atoms with Gasteiger partial charge in [-0.05, 0) is 31.6 Å². The number of nitrogens with zero attached hydrogens (tertiary/aromatic N) is 1. The predicted octanol–water partition coefficient (Wildman–Crippen LogP) is 2.46. The molecule has 2 bridgehead atoms. The fourth-order valence-corrected chi connectivity index (χ4v) is 3.53. The molecule has 2 N–H and O–H groups in total. The summed E-state index contributed by atoms with van der Waals surface area (Å²) in [6, 6.07) is -0.0178. The lowest BCUT2D eigenvalue weighted by Gasteiger charge is -2.23. The molecule has 3 unspecified atom stereocenters. The zero-order valence-electron chi connectivity index (χ0n) is 12.5. The van der Waals surface area contributed by atoms with Crippen molar-refractivity contribution >= 4 is 12.0 Å². The molecule has 114 valence electrons. The zero-order chi connectivity index (χ0) is 14.7. The third kappa shape index (κ3) is 3.25. The minimum atomic E-state index is -0.757. The first-order valence-corrected chi connectivity index (χ1v) is 7.79. The maximum atomic E-state index is 12.2. The lowest BCUT2D eigenvalue weighted by Crippen LogP contribution is -2.44. The van der Waals surface area contributed by atoms with Crippen molar-refractivity contribution in [2.75, 3.05) is 6.54 Å². The van der Waals surface area contributed by atoms with Crippen LogP contribution in [0.4, 0.5) is 4.79 Å². The summed E-state index contributed by atoms with van der Waals surface area (Å²) in [7, 11) is 0. The van der Waals surface area contributed by atoms with Gasteiger partial charge >= 0.3 is 12.0 Å². The minimum absolute atomic E-state index is 0.0641. The van der Waals surface area contributed by atoms with Crippen LogP contribution in [-0.2, 0) is 4.79 Å². The number of amides is 2. The molecule has 0 aliphatic carbocycles. The number of fused-ring (bicyclic) bond motifs is 2. The predicted molar refractivity (Wildman–Crippen MR) is 76.5 cm³/mol. The topological polar surface area (TPSA) is 69.6 Å². The first kappa shape index (κ1) is 15.1. The van der Waals surface area contributed by atoms with Crippen LogP contribution in [0.5, 0.6) is 0 Å². The van der Waals surface area contributed by atoms with Gasteiger partial charge in [0.25, 0.3) is 0 Å². The standard InChI is InChI=1S/C15H26N2O3/c1-10(2)5-3-4-8-16-15(20)17-11-6-7-13(17)12(9-11)14(18)19/h10-13H,3-9H2,1-2H3,(H,16,20)(H,18,19).